The van der Waals surface area contributed by atoms with E-state index >= 15 is 0 Å². The molecular weight excluding hydrogens is 344 g/mol. The number of carbonyl (C=O) groups is 2. The Labute approximate surface area is 158 Å². The van der Waals surface area contributed by atoms with Crippen LogP contribution in [-0.2, 0) is 4.74 Å². The van der Waals surface area contributed by atoms with E-state index in [1.165, 1.54) is 0 Å². The van der Waals surface area contributed by atoms with Gasteiger partial charge in [0.15, 0.2) is 0 Å². The molecule has 1 fully saturated rings. The van der Waals surface area contributed by atoms with Gasteiger partial charge in [-0.25, -0.2) is 14.6 Å². The van der Waals surface area contributed by atoms with Crippen molar-refractivity contribution < 1.29 is 14.3 Å². The number of carbonyl (C=O) groups excluding carboxylic acids is 2. The normalized spacial score (nSPS) is 14.0. The smallest absolute Gasteiger partial charge is 0.340 e. The topological polar surface area (TPSA) is 74.8 Å². The van der Waals surface area contributed by atoms with Gasteiger partial charge in [-0.2, -0.15) is 0 Å². The van der Waals surface area contributed by atoms with Crippen LogP contribution >= 0.6 is 0 Å². The Morgan fingerprint density at radius 3 is 2.52 bits per heavy atom. The van der Waals surface area contributed by atoms with E-state index in [4.69, 9.17) is 4.74 Å². The molecule has 7 heteroatoms. The summed E-state index contributed by atoms with van der Waals surface area (Å²) in [5.74, 6) is 0.492. The zero-order chi connectivity index (χ0) is 19.2. The zero-order valence-electron chi connectivity index (χ0n) is 15.6. The summed E-state index contributed by atoms with van der Waals surface area (Å²) in [5, 5.41) is 2.84. The van der Waals surface area contributed by atoms with Gasteiger partial charge in [-0.05, 0) is 38.1 Å². The zero-order valence-corrected chi connectivity index (χ0v) is 15.6. The van der Waals surface area contributed by atoms with Crippen LogP contribution in [0.15, 0.2) is 42.5 Å². The molecule has 0 aliphatic carbocycles. The van der Waals surface area contributed by atoms with Crippen LogP contribution in [-0.4, -0.2) is 54.7 Å². The predicted molar refractivity (Wildman–Crippen MR) is 104 cm³/mol. The second-order valence-corrected chi connectivity index (χ2v) is 6.31. The highest BCUT2D eigenvalue weighted by Gasteiger charge is 2.23. The highest BCUT2D eigenvalue weighted by Crippen LogP contribution is 2.18. The summed E-state index contributed by atoms with van der Waals surface area (Å²) in [6.45, 7) is 6.60. The van der Waals surface area contributed by atoms with Gasteiger partial charge in [0, 0.05) is 31.9 Å². The van der Waals surface area contributed by atoms with Crippen molar-refractivity contribution in [1.29, 1.82) is 0 Å². The molecule has 27 heavy (non-hydrogen) atoms. The molecule has 7 nitrogen and oxygen atoms in total. The lowest BCUT2D eigenvalue weighted by atomic mass is 10.2. The van der Waals surface area contributed by atoms with Crippen molar-refractivity contribution in [2.24, 2.45) is 0 Å². The maximum Gasteiger partial charge on any atom is 0.340 e. The Morgan fingerprint density at radius 2 is 1.81 bits per heavy atom. The highest BCUT2D eigenvalue weighted by atomic mass is 16.5. The average Bonchev–Trinajstić information content (AvgIpc) is 2.68. The lowest BCUT2D eigenvalue weighted by Crippen LogP contribution is -2.50. The molecule has 0 bridgehead atoms. The number of aryl methyl sites for hydroxylation is 1. The number of hydrogen-bond donors (Lipinski definition) is 1. The minimum Gasteiger partial charge on any atom is -0.462 e. The summed E-state index contributed by atoms with van der Waals surface area (Å²) in [6.07, 6.45) is 0. The molecule has 2 amide bonds. The number of anilines is 2. The molecule has 1 aliphatic heterocycles. The van der Waals surface area contributed by atoms with Gasteiger partial charge in [-0.15, -0.1) is 0 Å². The molecule has 1 aliphatic rings. The number of ether oxygens (including phenoxy) is 1. The van der Waals surface area contributed by atoms with Crippen LogP contribution in [0, 0.1) is 6.92 Å². The summed E-state index contributed by atoms with van der Waals surface area (Å²) >= 11 is 0. The van der Waals surface area contributed by atoms with Gasteiger partial charge >= 0.3 is 12.0 Å². The molecule has 1 N–H and O–H groups in total. The Bertz CT molecular complexity index is 816. The van der Waals surface area contributed by atoms with Crippen LogP contribution in [0.3, 0.4) is 0 Å². The van der Waals surface area contributed by atoms with Gasteiger partial charge in [0.25, 0.3) is 0 Å². The standard InChI is InChI=1S/C20H24N4O3/c1-3-27-19(25)16-8-4-5-9-17(16)22-20(26)24-13-11-23(12-14-24)18-10-6-7-15(2)21-18/h4-10H,3,11-14H2,1-2H3,(H,22,26). The number of piperazine rings is 1. The third-order valence-electron chi connectivity index (χ3n) is 4.43. The van der Waals surface area contributed by atoms with Gasteiger partial charge in [-0.3, -0.25) is 0 Å². The van der Waals surface area contributed by atoms with Crippen molar-refractivity contribution in [3.63, 3.8) is 0 Å². The van der Waals surface area contributed by atoms with E-state index in [0.717, 1.165) is 11.5 Å². The molecule has 0 saturated carbocycles. The maximum absolute atomic E-state index is 12.6. The fourth-order valence-corrected chi connectivity index (χ4v) is 3.02. The Balaban J connectivity index is 1.61. The van der Waals surface area contributed by atoms with E-state index in [2.05, 4.69) is 15.2 Å². The van der Waals surface area contributed by atoms with Crippen LogP contribution < -0.4 is 10.2 Å². The van der Waals surface area contributed by atoms with Crippen LogP contribution in [0.1, 0.15) is 23.0 Å². The predicted octanol–water partition coefficient (Wildman–Crippen LogP) is 2.92. The number of rotatable bonds is 4. The molecule has 2 aromatic rings. The van der Waals surface area contributed by atoms with Crippen LogP contribution in [0.25, 0.3) is 0 Å². The van der Waals surface area contributed by atoms with E-state index < -0.39 is 5.97 Å². The fourth-order valence-electron chi connectivity index (χ4n) is 3.02. The second-order valence-electron chi connectivity index (χ2n) is 6.31. The number of urea groups is 1. The Hall–Kier alpha value is -3.09. The van der Waals surface area contributed by atoms with Gasteiger partial charge in [0.1, 0.15) is 5.82 Å². The largest absolute Gasteiger partial charge is 0.462 e. The minimum atomic E-state index is -0.441. The van der Waals surface area contributed by atoms with Crippen LogP contribution in [0.5, 0.6) is 0 Å². The average molecular weight is 368 g/mol. The van der Waals surface area contributed by atoms with Gasteiger partial charge in [-0.1, -0.05) is 18.2 Å². The number of hydrogen-bond acceptors (Lipinski definition) is 5. The highest BCUT2D eigenvalue weighted by molar-refractivity contribution is 6.00. The van der Waals surface area contributed by atoms with E-state index in [9.17, 15) is 9.59 Å². The van der Waals surface area contributed by atoms with E-state index in [1.807, 2.05) is 25.1 Å². The summed E-state index contributed by atoms with van der Waals surface area (Å²) in [5.41, 5.74) is 1.79. The van der Waals surface area contributed by atoms with E-state index in [1.54, 1.807) is 36.1 Å². The number of para-hydroxylation sites is 1. The third kappa shape index (κ3) is 4.55. The quantitative estimate of drug-likeness (QED) is 0.840. The van der Waals surface area contributed by atoms with Crippen molar-refractivity contribution in [2.75, 3.05) is 43.0 Å². The van der Waals surface area contributed by atoms with Crippen LogP contribution in [0.4, 0.5) is 16.3 Å². The molecule has 2 heterocycles. The molecule has 0 radical (unpaired) electrons. The van der Waals surface area contributed by atoms with Gasteiger partial charge in [0.05, 0.1) is 17.9 Å². The van der Waals surface area contributed by atoms with Crippen molar-refractivity contribution in [3.05, 3.63) is 53.7 Å². The third-order valence-corrected chi connectivity index (χ3v) is 4.43. The Morgan fingerprint density at radius 1 is 1.07 bits per heavy atom. The molecule has 0 spiro atoms. The summed E-state index contributed by atoms with van der Waals surface area (Å²) in [7, 11) is 0. The number of nitrogens with one attached hydrogen (secondary N) is 1. The number of aromatic nitrogens is 1. The summed E-state index contributed by atoms with van der Waals surface area (Å²) < 4.78 is 5.05. The summed E-state index contributed by atoms with van der Waals surface area (Å²) in [4.78, 5) is 33.1. The first-order valence-corrected chi connectivity index (χ1v) is 9.09. The van der Waals surface area contributed by atoms with E-state index in [-0.39, 0.29) is 12.6 Å². The lowest BCUT2D eigenvalue weighted by Gasteiger charge is -2.35. The number of benzene rings is 1. The van der Waals surface area contributed by atoms with Crippen molar-refractivity contribution >= 4 is 23.5 Å². The maximum atomic E-state index is 12.6. The Kier molecular flexibility index (Phi) is 5.90. The summed E-state index contributed by atoms with van der Waals surface area (Å²) in [6, 6.07) is 12.6. The van der Waals surface area contributed by atoms with Crippen molar-refractivity contribution in [2.45, 2.75) is 13.8 Å². The SMILES string of the molecule is CCOC(=O)c1ccccc1NC(=O)N1CCN(c2cccc(C)n2)CC1. The monoisotopic (exact) mass is 368 g/mol. The molecule has 1 saturated heterocycles. The lowest BCUT2D eigenvalue weighted by molar-refractivity contribution is 0.0527. The second kappa shape index (κ2) is 8.53. The van der Waals surface area contributed by atoms with Crippen molar-refractivity contribution in [3.8, 4) is 0 Å². The van der Waals surface area contributed by atoms with Gasteiger partial charge in [0.2, 0.25) is 0 Å². The number of nitrogens with zero attached hydrogens (tertiary/aromatic N) is 3. The minimum absolute atomic E-state index is 0.219. The first kappa shape index (κ1) is 18.7. The van der Waals surface area contributed by atoms with Crippen LogP contribution in [0.2, 0.25) is 0 Å². The first-order chi connectivity index (χ1) is 13.1. The molecule has 3 rings (SSSR count). The molecule has 0 unspecified atom stereocenters. The molecular formula is C20H24N4O3. The van der Waals surface area contributed by atoms with E-state index in [0.29, 0.717) is 37.4 Å². The number of pyridine rings is 1. The molecule has 1 aromatic carbocycles. The first-order valence-electron chi connectivity index (χ1n) is 9.09. The van der Waals surface area contributed by atoms with Gasteiger partial charge < -0.3 is 19.9 Å². The molecule has 142 valence electrons. The number of amides is 2. The number of esters is 1. The molecule has 1 aromatic heterocycles. The molecule has 0 atom stereocenters. The van der Waals surface area contributed by atoms with Crippen molar-refractivity contribution in [1.82, 2.24) is 9.88 Å². The fraction of sp³-hybridized carbons (Fsp3) is 0.350.